The summed E-state index contributed by atoms with van der Waals surface area (Å²) in [6, 6.07) is -0.655. The first-order valence-electron chi connectivity index (χ1n) is 27.4. The van der Waals surface area contributed by atoms with E-state index >= 15 is 0 Å². The van der Waals surface area contributed by atoms with Gasteiger partial charge in [-0.1, -0.05) is 257 Å². The average Bonchev–Trinajstić information content (AvgIpc) is 3.32. The van der Waals surface area contributed by atoms with E-state index in [1.165, 1.54) is 109 Å². The van der Waals surface area contributed by atoms with Crippen molar-refractivity contribution in [2.45, 2.75) is 244 Å². The number of carbonyl (C=O) groups excluding carboxylic acids is 1. The van der Waals surface area contributed by atoms with Crippen LogP contribution >= 0.6 is 0 Å². The Morgan fingerprint density at radius 1 is 0.379 bits per heavy atom. The van der Waals surface area contributed by atoms with Crippen molar-refractivity contribution in [2.24, 2.45) is 0 Å². The van der Waals surface area contributed by atoms with Crippen LogP contribution in [0.4, 0.5) is 0 Å². The van der Waals surface area contributed by atoms with E-state index in [0.717, 1.165) is 103 Å². The van der Waals surface area contributed by atoms with Crippen molar-refractivity contribution in [3.05, 3.63) is 134 Å². The number of carbonyl (C=O) groups is 1. The van der Waals surface area contributed by atoms with Crippen LogP contribution in [0, 0.1) is 0 Å². The summed E-state index contributed by atoms with van der Waals surface area (Å²) < 4.78 is 0. The van der Waals surface area contributed by atoms with Crippen molar-refractivity contribution in [2.75, 3.05) is 6.61 Å². The average molecular weight is 911 g/mol. The quantitative estimate of drug-likeness (QED) is 0.0421. The number of nitrogens with one attached hydrogen (secondary N) is 1. The Balaban J connectivity index is 3.68. The molecule has 0 rings (SSSR count). The first-order chi connectivity index (χ1) is 32.7. The Hall–Kier alpha value is -3.47. The molecule has 0 saturated heterocycles. The Morgan fingerprint density at radius 3 is 1.06 bits per heavy atom. The molecule has 0 fully saturated rings. The lowest BCUT2D eigenvalue weighted by Gasteiger charge is -2.19. The zero-order valence-corrected chi connectivity index (χ0v) is 42.9. The maximum Gasteiger partial charge on any atom is 0.220 e. The highest BCUT2D eigenvalue weighted by Gasteiger charge is 2.17. The van der Waals surface area contributed by atoms with Gasteiger partial charge in [-0.25, -0.2) is 0 Å². The molecule has 0 spiro atoms. The van der Waals surface area contributed by atoms with Gasteiger partial charge < -0.3 is 15.5 Å². The lowest BCUT2D eigenvalue weighted by Crippen LogP contribution is -2.45. The van der Waals surface area contributed by atoms with Gasteiger partial charge in [-0.05, 0) is 103 Å². The lowest BCUT2D eigenvalue weighted by atomic mass is 10.0. The van der Waals surface area contributed by atoms with Crippen LogP contribution in [0.15, 0.2) is 134 Å². The molecule has 2 atom stereocenters. The molecule has 3 N–H and O–H groups in total. The summed E-state index contributed by atoms with van der Waals surface area (Å²) >= 11 is 0. The lowest BCUT2D eigenvalue weighted by molar-refractivity contribution is -0.123. The van der Waals surface area contributed by atoms with Crippen molar-refractivity contribution < 1.29 is 15.0 Å². The number of aliphatic hydroxyl groups is 2. The second kappa shape index (κ2) is 55.9. The van der Waals surface area contributed by atoms with E-state index in [1.54, 1.807) is 6.08 Å². The third kappa shape index (κ3) is 51.5. The van der Waals surface area contributed by atoms with Crippen molar-refractivity contribution in [3.8, 4) is 0 Å². The van der Waals surface area contributed by atoms with Crippen LogP contribution < -0.4 is 5.32 Å². The fourth-order valence-corrected chi connectivity index (χ4v) is 7.48. The summed E-state index contributed by atoms with van der Waals surface area (Å²) in [5.74, 6) is -0.0902. The van der Waals surface area contributed by atoms with Crippen molar-refractivity contribution in [1.29, 1.82) is 0 Å². The predicted octanol–water partition coefficient (Wildman–Crippen LogP) is 18.2. The second-order valence-corrected chi connectivity index (χ2v) is 17.9. The van der Waals surface area contributed by atoms with Gasteiger partial charge >= 0.3 is 0 Å². The summed E-state index contributed by atoms with van der Waals surface area (Å²) in [5, 5.41) is 23.1. The van der Waals surface area contributed by atoms with Crippen LogP contribution in [0.2, 0.25) is 0 Å². The van der Waals surface area contributed by atoms with Gasteiger partial charge in [-0.3, -0.25) is 4.79 Å². The topological polar surface area (TPSA) is 69.6 Å². The second-order valence-electron chi connectivity index (χ2n) is 17.9. The Labute approximate surface area is 409 Å². The Bertz CT molecular complexity index is 1350. The van der Waals surface area contributed by atoms with Gasteiger partial charge in [-0.15, -0.1) is 0 Å². The maximum atomic E-state index is 12.5. The van der Waals surface area contributed by atoms with E-state index in [4.69, 9.17) is 0 Å². The first kappa shape index (κ1) is 62.5. The van der Waals surface area contributed by atoms with Crippen LogP contribution in [0.5, 0.6) is 0 Å². The molecule has 0 heterocycles. The van der Waals surface area contributed by atoms with Crippen LogP contribution in [-0.4, -0.2) is 34.9 Å². The highest BCUT2D eigenvalue weighted by Crippen LogP contribution is 2.14. The highest BCUT2D eigenvalue weighted by molar-refractivity contribution is 5.76. The first-order valence-corrected chi connectivity index (χ1v) is 27.4. The van der Waals surface area contributed by atoms with Crippen LogP contribution in [0.25, 0.3) is 0 Å². The van der Waals surface area contributed by atoms with Crippen LogP contribution in [0.3, 0.4) is 0 Å². The van der Waals surface area contributed by atoms with E-state index in [0.29, 0.717) is 6.42 Å². The molecule has 0 saturated carbocycles. The summed E-state index contributed by atoms with van der Waals surface area (Å²) in [7, 11) is 0. The standard InChI is InChI=1S/C62H103NO3/c1-3-5-7-9-11-13-15-17-19-21-23-24-25-26-27-28-29-30-31-32-33-34-35-36-37-38-40-42-44-46-48-50-52-54-56-58-62(66)63-60(59-64)61(65)57-55-53-51-49-47-45-43-41-39-22-20-18-16-14-12-10-8-6-4-2/h5,7,11,13,17,19,23-24,26-27,29-30,32-33,35-36,38,40,47,49,55,57,60-61,64-65H,3-4,6,8-10,12,14-16,18,20-22,25,28,31,34,37,39,41-46,48,50-54,56,58-59H2,1-2H3,(H,63,66)/b7-5-,13-11-,19-17-,24-23-,27-26-,30-29-,33-32-,36-35-,40-38-,49-47+,57-55+. The van der Waals surface area contributed by atoms with E-state index in [1.807, 2.05) is 6.08 Å². The normalized spacial score (nSPS) is 13.9. The zero-order chi connectivity index (χ0) is 47.7. The number of aliphatic hydroxyl groups excluding tert-OH is 2. The molecule has 0 aromatic heterocycles. The molecular weight excluding hydrogens is 807 g/mol. The van der Waals surface area contributed by atoms with Crippen LogP contribution in [0.1, 0.15) is 232 Å². The van der Waals surface area contributed by atoms with Gasteiger partial charge in [0.1, 0.15) is 0 Å². The molecule has 0 aliphatic heterocycles. The van der Waals surface area contributed by atoms with E-state index in [-0.39, 0.29) is 12.5 Å². The highest BCUT2D eigenvalue weighted by atomic mass is 16.3. The van der Waals surface area contributed by atoms with Gasteiger partial charge in [0.2, 0.25) is 5.91 Å². The number of allylic oxidation sites excluding steroid dienone is 21. The molecule has 2 unspecified atom stereocenters. The van der Waals surface area contributed by atoms with Gasteiger partial charge in [0.25, 0.3) is 0 Å². The largest absolute Gasteiger partial charge is 0.394 e. The molecule has 0 radical (unpaired) electrons. The summed E-state index contributed by atoms with van der Waals surface area (Å²) in [6.07, 6.45) is 87.3. The molecule has 4 nitrogen and oxygen atoms in total. The Kier molecular flexibility index (Phi) is 52.9. The van der Waals surface area contributed by atoms with E-state index < -0.39 is 12.1 Å². The molecule has 1 amide bonds. The summed E-state index contributed by atoms with van der Waals surface area (Å²) in [6.45, 7) is 4.18. The van der Waals surface area contributed by atoms with E-state index in [9.17, 15) is 15.0 Å². The minimum absolute atomic E-state index is 0.0902. The number of hydrogen-bond acceptors (Lipinski definition) is 3. The number of unbranched alkanes of at least 4 members (excludes halogenated alkanes) is 21. The monoisotopic (exact) mass is 910 g/mol. The fraction of sp³-hybridized carbons (Fsp3) is 0.629. The molecule has 0 aromatic rings. The number of rotatable bonds is 48. The number of amides is 1. The molecule has 66 heavy (non-hydrogen) atoms. The van der Waals surface area contributed by atoms with Crippen LogP contribution in [-0.2, 0) is 4.79 Å². The molecular formula is C62H103NO3. The molecule has 0 aliphatic rings. The van der Waals surface area contributed by atoms with Crippen molar-refractivity contribution in [1.82, 2.24) is 5.32 Å². The van der Waals surface area contributed by atoms with Crippen molar-refractivity contribution in [3.63, 3.8) is 0 Å². The molecule has 0 aliphatic carbocycles. The van der Waals surface area contributed by atoms with Gasteiger partial charge in [0, 0.05) is 6.42 Å². The zero-order valence-electron chi connectivity index (χ0n) is 42.9. The minimum Gasteiger partial charge on any atom is -0.394 e. The maximum absolute atomic E-state index is 12.5. The fourth-order valence-electron chi connectivity index (χ4n) is 7.48. The van der Waals surface area contributed by atoms with Gasteiger partial charge in [0.15, 0.2) is 0 Å². The van der Waals surface area contributed by atoms with Crippen molar-refractivity contribution >= 4 is 5.91 Å². The van der Waals surface area contributed by atoms with Gasteiger partial charge in [-0.2, -0.15) is 0 Å². The molecule has 374 valence electrons. The summed E-state index contributed by atoms with van der Waals surface area (Å²) in [5.41, 5.74) is 0. The Morgan fingerprint density at radius 2 is 0.682 bits per heavy atom. The number of hydrogen-bond donors (Lipinski definition) is 3. The SMILES string of the molecule is CC/C=C\C/C=C\C/C=C\C/C=C\C/C=C\C/C=C\C/C=C\C/C=C\C/C=C\CCCCCCCCCC(=O)NC(CO)C(O)/C=C/CC/C=C/CCCCCCCCCCCCCCC. The third-order valence-electron chi connectivity index (χ3n) is 11.6. The predicted molar refractivity (Wildman–Crippen MR) is 294 cm³/mol. The molecule has 0 aromatic carbocycles. The van der Waals surface area contributed by atoms with Gasteiger partial charge in [0.05, 0.1) is 18.8 Å². The van der Waals surface area contributed by atoms with E-state index in [2.05, 4.69) is 141 Å². The smallest absolute Gasteiger partial charge is 0.220 e. The third-order valence-corrected chi connectivity index (χ3v) is 11.6. The molecule has 0 bridgehead atoms. The summed E-state index contributed by atoms with van der Waals surface area (Å²) in [4.78, 5) is 12.5. The molecule has 4 heteroatoms. The minimum atomic E-state index is -0.877.